The highest BCUT2D eigenvalue weighted by molar-refractivity contribution is 7.09. The highest BCUT2D eigenvalue weighted by Gasteiger charge is 2.06. The van der Waals surface area contributed by atoms with Crippen LogP contribution in [0.5, 0.6) is 0 Å². The van der Waals surface area contributed by atoms with Gasteiger partial charge in [-0.1, -0.05) is 18.2 Å². The number of hydrogen-bond donors (Lipinski definition) is 0. The van der Waals surface area contributed by atoms with Gasteiger partial charge in [0.25, 0.3) is 0 Å². The Hall–Kier alpha value is -1.45. The zero-order valence-corrected chi connectivity index (χ0v) is 10.6. The van der Waals surface area contributed by atoms with Gasteiger partial charge in [-0.2, -0.15) is 0 Å². The molecular formula is C14H16N2S. The van der Waals surface area contributed by atoms with E-state index < -0.39 is 0 Å². The summed E-state index contributed by atoms with van der Waals surface area (Å²) in [5, 5.41) is 2.12. The van der Waals surface area contributed by atoms with E-state index in [2.05, 4.69) is 40.0 Å². The molecular weight excluding hydrogens is 228 g/mol. The van der Waals surface area contributed by atoms with Gasteiger partial charge in [0.15, 0.2) is 0 Å². The lowest BCUT2D eigenvalue weighted by Crippen LogP contribution is -2.22. The summed E-state index contributed by atoms with van der Waals surface area (Å²) in [6, 6.07) is 8.35. The number of hydrogen-bond acceptors (Lipinski definition) is 3. The van der Waals surface area contributed by atoms with Gasteiger partial charge in [-0.15, -0.1) is 17.9 Å². The fourth-order valence-electron chi connectivity index (χ4n) is 1.74. The van der Waals surface area contributed by atoms with Crippen LogP contribution in [0.1, 0.15) is 10.4 Å². The van der Waals surface area contributed by atoms with Gasteiger partial charge < -0.3 is 0 Å². The predicted octanol–water partition coefficient (Wildman–Crippen LogP) is 3.33. The molecule has 3 heteroatoms. The Morgan fingerprint density at radius 3 is 2.88 bits per heavy atom. The third-order valence-corrected chi connectivity index (χ3v) is 3.34. The van der Waals surface area contributed by atoms with Gasteiger partial charge in [0.2, 0.25) is 0 Å². The topological polar surface area (TPSA) is 16.1 Å². The summed E-state index contributed by atoms with van der Waals surface area (Å²) in [4.78, 5) is 7.89. The van der Waals surface area contributed by atoms with Crippen LogP contribution < -0.4 is 0 Å². The third kappa shape index (κ3) is 3.80. The summed E-state index contributed by atoms with van der Waals surface area (Å²) in [5.41, 5.74) is 1.24. The molecule has 0 saturated carbocycles. The molecule has 88 valence electrons. The van der Waals surface area contributed by atoms with Gasteiger partial charge in [-0.25, -0.2) is 0 Å². The lowest BCUT2D eigenvalue weighted by molar-refractivity contribution is 0.288. The molecule has 0 spiro atoms. The second-order valence-electron chi connectivity index (χ2n) is 3.90. The largest absolute Gasteiger partial charge is 0.290 e. The van der Waals surface area contributed by atoms with Crippen molar-refractivity contribution in [3.63, 3.8) is 0 Å². The van der Waals surface area contributed by atoms with E-state index in [0.29, 0.717) is 0 Å². The van der Waals surface area contributed by atoms with Crippen molar-refractivity contribution >= 4 is 11.3 Å². The molecule has 2 aromatic heterocycles. The van der Waals surface area contributed by atoms with E-state index in [4.69, 9.17) is 0 Å². The molecule has 0 bridgehead atoms. The number of pyridine rings is 1. The van der Waals surface area contributed by atoms with E-state index in [1.165, 1.54) is 10.4 Å². The van der Waals surface area contributed by atoms with Crippen molar-refractivity contribution in [1.82, 2.24) is 9.88 Å². The van der Waals surface area contributed by atoms with Gasteiger partial charge in [0, 0.05) is 36.9 Å². The third-order valence-electron chi connectivity index (χ3n) is 2.48. The molecule has 0 N–H and O–H groups in total. The summed E-state index contributed by atoms with van der Waals surface area (Å²) in [5.74, 6) is 0. The maximum absolute atomic E-state index is 4.15. The van der Waals surface area contributed by atoms with Gasteiger partial charge in [-0.3, -0.25) is 9.88 Å². The maximum Gasteiger partial charge on any atom is 0.0334 e. The maximum atomic E-state index is 4.15. The van der Waals surface area contributed by atoms with Crippen LogP contribution in [0.4, 0.5) is 0 Å². The zero-order chi connectivity index (χ0) is 11.9. The highest BCUT2D eigenvalue weighted by atomic mass is 32.1. The average molecular weight is 244 g/mol. The first-order valence-corrected chi connectivity index (χ1v) is 6.51. The Morgan fingerprint density at radius 1 is 1.29 bits per heavy atom. The molecule has 0 saturated heterocycles. The molecule has 0 aromatic carbocycles. The second kappa shape index (κ2) is 6.33. The molecule has 2 rings (SSSR count). The number of thiophene rings is 1. The highest BCUT2D eigenvalue weighted by Crippen LogP contribution is 2.13. The van der Waals surface area contributed by atoms with E-state index >= 15 is 0 Å². The Bertz CT molecular complexity index is 437. The van der Waals surface area contributed by atoms with Crippen LogP contribution in [-0.4, -0.2) is 16.4 Å². The van der Waals surface area contributed by atoms with Crippen molar-refractivity contribution in [2.24, 2.45) is 0 Å². The smallest absolute Gasteiger partial charge is 0.0334 e. The molecule has 0 fully saturated rings. The van der Waals surface area contributed by atoms with Crippen LogP contribution in [0.15, 0.2) is 54.7 Å². The fourth-order valence-corrected chi connectivity index (χ4v) is 2.49. The minimum absolute atomic E-state index is 0.896. The first-order chi connectivity index (χ1) is 8.38. The summed E-state index contributed by atoms with van der Waals surface area (Å²) >= 11 is 1.80. The SMILES string of the molecule is C=CCN(Cc1cccnc1)Cc1cccs1. The van der Waals surface area contributed by atoms with Crippen molar-refractivity contribution in [2.45, 2.75) is 13.1 Å². The molecule has 0 atom stereocenters. The van der Waals surface area contributed by atoms with Crippen LogP contribution in [0, 0.1) is 0 Å². The summed E-state index contributed by atoms with van der Waals surface area (Å²) < 4.78 is 0. The van der Waals surface area contributed by atoms with Crippen LogP contribution >= 0.6 is 11.3 Å². The first-order valence-electron chi connectivity index (χ1n) is 5.63. The van der Waals surface area contributed by atoms with E-state index in [1.54, 1.807) is 17.5 Å². The van der Waals surface area contributed by atoms with Crippen LogP contribution in [0.3, 0.4) is 0 Å². The van der Waals surface area contributed by atoms with Gasteiger partial charge in [-0.05, 0) is 23.1 Å². The number of aromatic nitrogens is 1. The molecule has 0 aliphatic carbocycles. The van der Waals surface area contributed by atoms with E-state index in [9.17, 15) is 0 Å². The minimum Gasteiger partial charge on any atom is -0.290 e. The molecule has 0 aliphatic heterocycles. The molecule has 0 aliphatic rings. The first kappa shape index (κ1) is 12.0. The van der Waals surface area contributed by atoms with Crippen LogP contribution in [0.25, 0.3) is 0 Å². The Morgan fingerprint density at radius 2 is 2.24 bits per heavy atom. The Labute approximate surface area is 106 Å². The van der Waals surface area contributed by atoms with Crippen molar-refractivity contribution in [3.05, 3.63) is 65.1 Å². The molecule has 0 radical (unpaired) electrons. The zero-order valence-electron chi connectivity index (χ0n) is 9.75. The Balaban J connectivity index is 2.00. The van der Waals surface area contributed by atoms with E-state index in [0.717, 1.165) is 19.6 Å². The van der Waals surface area contributed by atoms with E-state index in [-0.39, 0.29) is 0 Å². The van der Waals surface area contributed by atoms with Gasteiger partial charge in [0.05, 0.1) is 0 Å². The molecule has 2 aromatic rings. The Kier molecular flexibility index (Phi) is 4.47. The standard InChI is InChI=1S/C14H16N2S/c1-2-8-16(12-14-6-4-9-17-14)11-13-5-3-7-15-10-13/h2-7,9-10H,1,8,11-12H2. The quantitative estimate of drug-likeness (QED) is 0.725. The predicted molar refractivity (Wildman–Crippen MR) is 72.9 cm³/mol. The lowest BCUT2D eigenvalue weighted by atomic mass is 10.2. The van der Waals surface area contributed by atoms with Crippen LogP contribution in [-0.2, 0) is 13.1 Å². The molecule has 2 nitrogen and oxygen atoms in total. The van der Waals surface area contributed by atoms with Crippen molar-refractivity contribution in [2.75, 3.05) is 6.54 Å². The molecule has 2 heterocycles. The monoisotopic (exact) mass is 244 g/mol. The summed E-state index contributed by atoms with van der Waals surface area (Å²) in [7, 11) is 0. The summed E-state index contributed by atoms with van der Waals surface area (Å²) in [6.07, 6.45) is 5.68. The normalized spacial score (nSPS) is 10.6. The number of nitrogens with zero attached hydrogens (tertiary/aromatic N) is 2. The molecule has 0 amide bonds. The van der Waals surface area contributed by atoms with Gasteiger partial charge in [0.1, 0.15) is 0 Å². The number of rotatable bonds is 6. The molecule has 17 heavy (non-hydrogen) atoms. The van der Waals surface area contributed by atoms with Gasteiger partial charge >= 0.3 is 0 Å². The molecule has 0 unspecified atom stereocenters. The second-order valence-corrected chi connectivity index (χ2v) is 4.93. The fraction of sp³-hybridized carbons (Fsp3) is 0.214. The van der Waals surface area contributed by atoms with Crippen molar-refractivity contribution in [1.29, 1.82) is 0 Å². The van der Waals surface area contributed by atoms with Crippen molar-refractivity contribution in [3.8, 4) is 0 Å². The average Bonchev–Trinajstić information content (AvgIpc) is 2.83. The lowest BCUT2D eigenvalue weighted by Gasteiger charge is -2.19. The van der Waals surface area contributed by atoms with Crippen LogP contribution in [0.2, 0.25) is 0 Å². The minimum atomic E-state index is 0.896. The van der Waals surface area contributed by atoms with E-state index in [1.807, 2.05) is 18.3 Å². The summed E-state index contributed by atoms with van der Waals surface area (Å²) in [6.45, 7) is 6.60. The van der Waals surface area contributed by atoms with Crippen molar-refractivity contribution < 1.29 is 0 Å².